The van der Waals surface area contributed by atoms with E-state index in [1.807, 2.05) is 18.2 Å². The molecular formula is C11H13ClO3. The van der Waals surface area contributed by atoms with Gasteiger partial charge in [0.1, 0.15) is 0 Å². The maximum absolute atomic E-state index is 10.8. The Balaban J connectivity index is 2.23. The molecular weight excluding hydrogens is 216 g/mol. The molecule has 1 aromatic carbocycles. The van der Waals surface area contributed by atoms with E-state index < -0.39 is 0 Å². The number of rotatable bonds is 5. The Morgan fingerprint density at radius 3 is 2.93 bits per heavy atom. The van der Waals surface area contributed by atoms with Gasteiger partial charge < -0.3 is 9.47 Å². The molecule has 0 amide bonds. The summed E-state index contributed by atoms with van der Waals surface area (Å²) in [6.07, 6.45) is 0.275. The van der Waals surface area contributed by atoms with Crippen molar-refractivity contribution in [3.05, 3.63) is 34.9 Å². The number of carbonyl (C=O) groups excluding carboxylic acids is 1. The van der Waals surface area contributed by atoms with Crippen LogP contribution in [0, 0.1) is 0 Å². The van der Waals surface area contributed by atoms with Gasteiger partial charge >= 0.3 is 5.97 Å². The molecule has 0 aliphatic rings. The number of methoxy groups -OCH3 is 1. The third-order valence-corrected chi connectivity index (χ3v) is 2.07. The number of esters is 1. The van der Waals surface area contributed by atoms with Gasteiger partial charge in [-0.2, -0.15) is 0 Å². The van der Waals surface area contributed by atoms with Crippen molar-refractivity contribution in [1.29, 1.82) is 0 Å². The molecule has 0 radical (unpaired) electrons. The second-order valence-electron chi connectivity index (χ2n) is 3.01. The summed E-state index contributed by atoms with van der Waals surface area (Å²) in [5.41, 5.74) is 0.993. The van der Waals surface area contributed by atoms with Crippen molar-refractivity contribution in [3.63, 3.8) is 0 Å². The average Bonchev–Trinajstić information content (AvgIpc) is 2.24. The minimum atomic E-state index is -0.263. The summed E-state index contributed by atoms with van der Waals surface area (Å²) in [6, 6.07) is 7.42. The molecule has 0 heterocycles. The van der Waals surface area contributed by atoms with E-state index in [9.17, 15) is 4.79 Å². The van der Waals surface area contributed by atoms with Crippen LogP contribution in [-0.2, 0) is 20.9 Å². The fraction of sp³-hybridized carbons (Fsp3) is 0.364. The first-order chi connectivity index (χ1) is 7.22. The van der Waals surface area contributed by atoms with E-state index >= 15 is 0 Å². The molecule has 0 saturated heterocycles. The molecule has 0 bridgehead atoms. The Bertz CT molecular complexity index is 325. The number of benzene rings is 1. The number of halogens is 1. The summed E-state index contributed by atoms with van der Waals surface area (Å²) in [6.45, 7) is 0.816. The maximum Gasteiger partial charge on any atom is 0.307 e. The highest BCUT2D eigenvalue weighted by atomic mass is 35.5. The van der Waals surface area contributed by atoms with Crippen molar-refractivity contribution in [3.8, 4) is 0 Å². The first kappa shape index (κ1) is 12.0. The van der Waals surface area contributed by atoms with Crippen LogP contribution in [0.5, 0.6) is 0 Å². The molecule has 0 unspecified atom stereocenters. The lowest BCUT2D eigenvalue weighted by Crippen LogP contribution is -2.05. The number of hydrogen-bond donors (Lipinski definition) is 0. The van der Waals surface area contributed by atoms with Crippen LogP contribution in [0.25, 0.3) is 0 Å². The van der Waals surface area contributed by atoms with Gasteiger partial charge in [-0.15, -0.1) is 0 Å². The van der Waals surface area contributed by atoms with Gasteiger partial charge in [-0.25, -0.2) is 0 Å². The number of ether oxygens (including phenoxy) is 2. The second kappa shape index (κ2) is 6.43. The van der Waals surface area contributed by atoms with E-state index in [0.717, 1.165) is 5.56 Å². The summed E-state index contributed by atoms with van der Waals surface area (Å²) < 4.78 is 9.77. The highest BCUT2D eigenvalue weighted by Gasteiger charge is 2.00. The van der Waals surface area contributed by atoms with E-state index in [4.69, 9.17) is 16.3 Å². The summed E-state index contributed by atoms with van der Waals surface area (Å²) >= 11 is 5.80. The lowest BCUT2D eigenvalue weighted by atomic mass is 10.2. The predicted molar refractivity (Wildman–Crippen MR) is 57.7 cm³/mol. The fourth-order valence-corrected chi connectivity index (χ4v) is 1.29. The topological polar surface area (TPSA) is 35.5 Å². The maximum atomic E-state index is 10.8. The quantitative estimate of drug-likeness (QED) is 0.574. The van der Waals surface area contributed by atoms with E-state index in [-0.39, 0.29) is 12.4 Å². The Hall–Kier alpha value is -1.06. The van der Waals surface area contributed by atoms with Crippen LogP contribution >= 0.6 is 11.6 Å². The van der Waals surface area contributed by atoms with Crippen molar-refractivity contribution in [2.75, 3.05) is 13.7 Å². The van der Waals surface area contributed by atoms with Gasteiger partial charge in [0.05, 0.1) is 26.7 Å². The Morgan fingerprint density at radius 1 is 1.47 bits per heavy atom. The summed E-state index contributed by atoms with van der Waals surface area (Å²) in [5.74, 6) is -0.263. The number of hydrogen-bond acceptors (Lipinski definition) is 3. The zero-order chi connectivity index (χ0) is 11.1. The van der Waals surface area contributed by atoms with Gasteiger partial charge in [-0.05, 0) is 17.7 Å². The Morgan fingerprint density at radius 2 is 2.27 bits per heavy atom. The van der Waals surface area contributed by atoms with Crippen LogP contribution in [0.1, 0.15) is 12.0 Å². The molecule has 1 aromatic rings. The third kappa shape index (κ3) is 4.81. The van der Waals surface area contributed by atoms with Crippen LogP contribution in [0.4, 0.5) is 0 Å². The highest BCUT2D eigenvalue weighted by molar-refractivity contribution is 6.30. The Kier molecular flexibility index (Phi) is 5.15. The predicted octanol–water partition coefficient (Wildman–Crippen LogP) is 2.42. The molecule has 15 heavy (non-hydrogen) atoms. The lowest BCUT2D eigenvalue weighted by molar-refractivity contribution is -0.141. The summed E-state index contributed by atoms with van der Waals surface area (Å²) in [7, 11) is 1.36. The SMILES string of the molecule is COC(=O)CCOCc1cccc(Cl)c1. The summed E-state index contributed by atoms with van der Waals surface area (Å²) in [4.78, 5) is 10.8. The van der Waals surface area contributed by atoms with Crippen LogP contribution < -0.4 is 0 Å². The van der Waals surface area contributed by atoms with Gasteiger partial charge in [0.2, 0.25) is 0 Å². The monoisotopic (exact) mass is 228 g/mol. The van der Waals surface area contributed by atoms with Crippen LogP contribution in [0.3, 0.4) is 0 Å². The zero-order valence-electron chi connectivity index (χ0n) is 8.53. The van der Waals surface area contributed by atoms with E-state index in [1.54, 1.807) is 6.07 Å². The van der Waals surface area contributed by atoms with E-state index in [1.165, 1.54) is 7.11 Å². The van der Waals surface area contributed by atoms with Gasteiger partial charge in [-0.3, -0.25) is 4.79 Å². The van der Waals surface area contributed by atoms with Crippen LogP contribution in [0.2, 0.25) is 5.02 Å². The van der Waals surface area contributed by atoms with Crippen molar-refractivity contribution in [2.24, 2.45) is 0 Å². The smallest absolute Gasteiger partial charge is 0.307 e. The first-order valence-corrected chi connectivity index (χ1v) is 4.99. The van der Waals surface area contributed by atoms with Crippen LogP contribution in [-0.4, -0.2) is 19.7 Å². The third-order valence-electron chi connectivity index (χ3n) is 1.84. The van der Waals surface area contributed by atoms with Gasteiger partial charge in [0.25, 0.3) is 0 Å². The van der Waals surface area contributed by atoms with Gasteiger partial charge in [0.15, 0.2) is 0 Å². The van der Waals surface area contributed by atoms with Crippen molar-refractivity contribution >= 4 is 17.6 Å². The summed E-state index contributed by atoms with van der Waals surface area (Å²) in [5, 5.41) is 0.684. The molecule has 0 saturated carbocycles. The van der Waals surface area contributed by atoms with E-state index in [0.29, 0.717) is 18.2 Å². The molecule has 0 aliphatic heterocycles. The molecule has 3 nitrogen and oxygen atoms in total. The minimum Gasteiger partial charge on any atom is -0.469 e. The zero-order valence-corrected chi connectivity index (χ0v) is 9.29. The number of carbonyl (C=O) groups is 1. The molecule has 0 aromatic heterocycles. The standard InChI is InChI=1S/C11H13ClO3/c1-14-11(13)5-6-15-8-9-3-2-4-10(12)7-9/h2-4,7H,5-6,8H2,1H3. The first-order valence-electron chi connectivity index (χ1n) is 4.61. The van der Waals surface area contributed by atoms with Crippen molar-refractivity contribution < 1.29 is 14.3 Å². The molecule has 0 atom stereocenters. The highest BCUT2D eigenvalue weighted by Crippen LogP contribution is 2.11. The van der Waals surface area contributed by atoms with Gasteiger partial charge in [0, 0.05) is 5.02 Å². The van der Waals surface area contributed by atoms with E-state index in [2.05, 4.69) is 4.74 Å². The molecule has 0 fully saturated rings. The molecule has 0 spiro atoms. The largest absolute Gasteiger partial charge is 0.469 e. The average molecular weight is 229 g/mol. The lowest BCUT2D eigenvalue weighted by Gasteiger charge is -2.03. The van der Waals surface area contributed by atoms with Gasteiger partial charge in [-0.1, -0.05) is 23.7 Å². The van der Waals surface area contributed by atoms with Crippen molar-refractivity contribution in [2.45, 2.75) is 13.0 Å². The molecule has 1 rings (SSSR count). The normalized spacial score (nSPS) is 10.0. The molecule has 4 heteroatoms. The molecule has 82 valence electrons. The molecule has 0 aliphatic carbocycles. The Labute approximate surface area is 93.9 Å². The fourth-order valence-electron chi connectivity index (χ4n) is 1.07. The molecule has 0 N–H and O–H groups in total. The van der Waals surface area contributed by atoms with Crippen LogP contribution in [0.15, 0.2) is 24.3 Å². The minimum absolute atomic E-state index is 0.263. The van der Waals surface area contributed by atoms with Crippen molar-refractivity contribution in [1.82, 2.24) is 0 Å². The second-order valence-corrected chi connectivity index (χ2v) is 3.45.